The van der Waals surface area contributed by atoms with E-state index in [1.807, 2.05) is 26.2 Å². The number of H-pyrrole nitrogens is 1. The number of fused-ring (bicyclic) bond motifs is 2. The Bertz CT molecular complexity index is 1010. The van der Waals surface area contributed by atoms with Crippen molar-refractivity contribution in [3.8, 4) is 5.75 Å². The van der Waals surface area contributed by atoms with Crippen LogP contribution in [0, 0.1) is 0 Å². The molecule has 0 atom stereocenters. The van der Waals surface area contributed by atoms with Gasteiger partial charge in [-0.25, -0.2) is 0 Å². The molecule has 3 aromatic rings. The van der Waals surface area contributed by atoms with Crippen molar-refractivity contribution in [3.05, 3.63) is 62.7 Å². The van der Waals surface area contributed by atoms with Gasteiger partial charge in [0.25, 0.3) is 0 Å². The second kappa shape index (κ2) is 7.10. The predicted molar refractivity (Wildman–Crippen MR) is 113 cm³/mol. The third kappa shape index (κ3) is 3.54. The van der Waals surface area contributed by atoms with E-state index >= 15 is 0 Å². The van der Waals surface area contributed by atoms with Crippen LogP contribution < -0.4 is 4.74 Å². The van der Waals surface area contributed by atoms with Gasteiger partial charge in [0.2, 0.25) is 0 Å². The van der Waals surface area contributed by atoms with Gasteiger partial charge in [-0.05, 0) is 61.1 Å². The molecule has 3 nitrogen and oxygen atoms in total. The first-order valence-electron chi connectivity index (χ1n) is 8.59. The van der Waals surface area contributed by atoms with Crippen molar-refractivity contribution >= 4 is 50.1 Å². The molecule has 0 bridgehead atoms. The smallest absolute Gasteiger partial charge is 0.140 e. The Morgan fingerprint density at radius 2 is 2.04 bits per heavy atom. The standard InChI is InChI=1S/C21H20BrClN2O/c1-25(2)5-6-26-21-12-20-16(10-18(21)23)11-19(24-20)15-7-13-3-4-17(22)9-14(13)8-15/h3-4,7,9-12,24H,5-6,8H2,1-2H3. The van der Waals surface area contributed by atoms with Gasteiger partial charge in [0, 0.05) is 40.1 Å². The number of benzene rings is 2. The largest absolute Gasteiger partial charge is 0.491 e. The molecule has 1 aromatic heterocycles. The Hall–Kier alpha value is -1.75. The predicted octanol–water partition coefficient (Wildman–Crippen LogP) is 5.62. The van der Waals surface area contributed by atoms with E-state index in [0.717, 1.165) is 39.8 Å². The highest BCUT2D eigenvalue weighted by molar-refractivity contribution is 9.10. The van der Waals surface area contributed by atoms with Crippen molar-refractivity contribution < 1.29 is 4.74 Å². The number of halogens is 2. The number of aromatic amines is 1. The lowest BCUT2D eigenvalue weighted by molar-refractivity contribution is 0.262. The van der Waals surface area contributed by atoms with E-state index in [9.17, 15) is 0 Å². The summed E-state index contributed by atoms with van der Waals surface area (Å²) < 4.78 is 6.96. The minimum absolute atomic E-state index is 0.612. The van der Waals surface area contributed by atoms with E-state index in [-0.39, 0.29) is 0 Å². The lowest BCUT2D eigenvalue weighted by atomic mass is 10.1. The van der Waals surface area contributed by atoms with Crippen LogP contribution in [-0.2, 0) is 6.42 Å². The highest BCUT2D eigenvalue weighted by Gasteiger charge is 2.17. The quantitative estimate of drug-likeness (QED) is 0.568. The van der Waals surface area contributed by atoms with Crippen LogP contribution in [0.15, 0.2) is 40.9 Å². The zero-order valence-electron chi connectivity index (χ0n) is 14.8. The highest BCUT2D eigenvalue weighted by atomic mass is 79.9. The summed E-state index contributed by atoms with van der Waals surface area (Å²) in [6.45, 7) is 1.46. The minimum Gasteiger partial charge on any atom is -0.491 e. The molecule has 1 aliphatic carbocycles. The molecule has 0 unspecified atom stereocenters. The van der Waals surface area contributed by atoms with Gasteiger partial charge >= 0.3 is 0 Å². The Balaban J connectivity index is 1.60. The summed E-state index contributed by atoms with van der Waals surface area (Å²) in [6, 6.07) is 12.6. The van der Waals surface area contributed by atoms with Crippen LogP contribution in [-0.4, -0.2) is 37.1 Å². The fraction of sp³-hybridized carbons (Fsp3) is 0.238. The Morgan fingerprint density at radius 3 is 2.85 bits per heavy atom. The zero-order valence-corrected chi connectivity index (χ0v) is 17.1. The summed E-state index contributed by atoms with van der Waals surface area (Å²) in [6.07, 6.45) is 3.18. The van der Waals surface area contributed by atoms with Crippen molar-refractivity contribution in [1.29, 1.82) is 0 Å². The number of rotatable bonds is 5. The summed E-state index contributed by atoms with van der Waals surface area (Å²) in [4.78, 5) is 5.61. The molecule has 0 saturated heterocycles. The van der Waals surface area contributed by atoms with E-state index in [0.29, 0.717) is 11.6 Å². The second-order valence-electron chi connectivity index (χ2n) is 6.89. The Labute approximate surface area is 166 Å². The Morgan fingerprint density at radius 1 is 1.19 bits per heavy atom. The normalized spacial score (nSPS) is 13.3. The molecule has 1 heterocycles. The van der Waals surface area contributed by atoms with Crippen LogP contribution in [0.5, 0.6) is 5.75 Å². The van der Waals surface area contributed by atoms with Crippen LogP contribution >= 0.6 is 27.5 Å². The van der Waals surface area contributed by atoms with E-state index in [4.69, 9.17) is 16.3 Å². The molecule has 0 saturated carbocycles. The van der Waals surface area contributed by atoms with Gasteiger partial charge in [0.1, 0.15) is 12.4 Å². The maximum absolute atomic E-state index is 6.41. The van der Waals surface area contributed by atoms with E-state index in [1.54, 1.807) is 0 Å². The van der Waals surface area contributed by atoms with E-state index < -0.39 is 0 Å². The number of hydrogen-bond acceptors (Lipinski definition) is 2. The lowest BCUT2D eigenvalue weighted by Crippen LogP contribution is -2.19. The van der Waals surface area contributed by atoms with Crippen molar-refractivity contribution in [1.82, 2.24) is 9.88 Å². The number of likely N-dealkylation sites (N-methyl/N-ethyl adjacent to an activating group) is 1. The van der Waals surface area contributed by atoms with Gasteiger partial charge < -0.3 is 14.6 Å². The molecule has 2 aromatic carbocycles. The highest BCUT2D eigenvalue weighted by Crippen LogP contribution is 2.36. The molecule has 0 amide bonds. The first kappa shape index (κ1) is 17.7. The van der Waals surface area contributed by atoms with Crippen LogP contribution in [0.3, 0.4) is 0 Å². The third-order valence-electron chi connectivity index (χ3n) is 4.63. The maximum atomic E-state index is 6.41. The molecule has 1 N–H and O–H groups in total. The molecule has 134 valence electrons. The van der Waals surface area contributed by atoms with E-state index in [2.05, 4.69) is 56.2 Å². The lowest BCUT2D eigenvalue weighted by Gasteiger charge is -2.12. The summed E-state index contributed by atoms with van der Waals surface area (Å²) in [5, 5.41) is 1.75. The topological polar surface area (TPSA) is 28.3 Å². The molecule has 0 spiro atoms. The van der Waals surface area contributed by atoms with Crippen LogP contribution in [0.1, 0.15) is 16.8 Å². The monoisotopic (exact) mass is 430 g/mol. The second-order valence-corrected chi connectivity index (χ2v) is 8.22. The fourth-order valence-corrected chi connectivity index (χ4v) is 3.88. The molecular formula is C21H20BrClN2O. The van der Waals surface area contributed by atoms with Gasteiger partial charge in [-0.15, -0.1) is 0 Å². The van der Waals surface area contributed by atoms with Crippen molar-refractivity contribution in [2.24, 2.45) is 0 Å². The molecule has 4 rings (SSSR count). The molecule has 26 heavy (non-hydrogen) atoms. The Kier molecular flexibility index (Phi) is 4.82. The van der Waals surface area contributed by atoms with E-state index in [1.165, 1.54) is 16.7 Å². The zero-order chi connectivity index (χ0) is 18.3. The summed E-state index contributed by atoms with van der Waals surface area (Å²) >= 11 is 9.96. The van der Waals surface area contributed by atoms with Gasteiger partial charge in [-0.1, -0.05) is 33.6 Å². The van der Waals surface area contributed by atoms with Crippen molar-refractivity contribution in [3.63, 3.8) is 0 Å². The van der Waals surface area contributed by atoms with Crippen molar-refractivity contribution in [2.45, 2.75) is 6.42 Å². The van der Waals surface area contributed by atoms with Gasteiger partial charge in [-0.3, -0.25) is 0 Å². The summed E-state index contributed by atoms with van der Waals surface area (Å²) in [7, 11) is 4.05. The molecule has 5 heteroatoms. The number of hydrogen-bond donors (Lipinski definition) is 1. The number of nitrogens with one attached hydrogen (secondary N) is 1. The number of aromatic nitrogens is 1. The molecule has 0 radical (unpaired) electrons. The summed E-state index contributed by atoms with van der Waals surface area (Å²) in [5.41, 5.74) is 6.10. The third-order valence-corrected chi connectivity index (χ3v) is 5.42. The first-order chi connectivity index (χ1) is 12.5. The number of allylic oxidation sites excluding steroid dienone is 1. The molecular weight excluding hydrogens is 412 g/mol. The summed E-state index contributed by atoms with van der Waals surface area (Å²) in [5.74, 6) is 0.724. The van der Waals surface area contributed by atoms with Crippen molar-refractivity contribution in [2.75, 3.05) is 27.2 Å². The molecule has 0 aliphatic heterocycles. The van der Waals surface area contributed by atoms with Crippen LogP contribution in [0.25, 0.3) is 22.6 Å². The van der Waals surface area contributed by atoms with Gasteiger partial charge in [0.15, 0.2) is 0 Å². The number of nitrogens with zero attached hydrogens (tertiary/aromatic N) is 1. The average molecular weight is 432 g/mol. The average Bonchev–Trinajstić information content (AvgIpc) is 3.17. The minimum atomic E-state index is 0.612. The van der Waals surface area contributed by atoms with Gasteiger partial charge in [0.05, 0.1) is 5.02 Å². The fourth-order valence-electron chi connectivity index (χ4n) is 3.24. The molecule has 1 aliphatic rings. The van der Waals surface area contributed by atoms with Crippen LogP contribution in [0.4, 0.5) is 0 Å². The first-order valence-corrected chi connectivity index (χ1v) is 9.76. The maximum Gasteiger partial charge on any atom is 0.140 e. The number of ether oxygens (including phenoxy) is 1. The molecule has 0 fully saturated rings. The van der Waals surface area contributed by atoms with Gasteiger partial charge in [-0.2, -0.15) is 0 Å². The SMILES string of the molecule is CN(C)CCOc1cc2[nH]c(C3=Cc4ccc(Br)cc4C3)cc2cc1Cl. The van der Waals surface area contributed by atoms with Crippen LogP contribution in [0.2, 0.25) is 5.02 Å².